The van der Waals surface area contributed by atoms with Crippen molar-refractivity contribution in [3.63, 3.8) is 0 Å². The quantitative estimate of drug-likeness (QED) is 0.455. The van der Waals surface area contributed by atoms with Crippen LogP contribution in [0.2, 0.25) is 0 Å². The van der Waals surface area contributed by atoms with Crippen LogP contribution in [0.4, 0.5) is 5.69 Å². The Morgan fingerprint density at radius 2 is 1.81 bits per heavy atom. The summed E-state index contributed by atoms with van der Waals surface area (Å²) < 4.78 is 7.65. The second-order valence-electron chi connectivity index (χ2n) is 7.90. The van der Waals surface area contributed by atoms with E-state index in [-0.39, 0.29) is 5.91 Å². The predicted molar refractivity (Wildman–Crippen MR) is 121 cm³/mol. The lowest BCUT2D eigenvalue weighted by Crippen LogP contribution is -2.18. The number of carbonyl (C=O) groups excluding carboxylic acids is 1. The van der Waals surface area contributed by atoms with Crippen molar-refractivity contribution in [2.45, 2.75) is 19.4 Å². The second-order valence-corrected chi connectivity index (χ2v) is 7.90. The van der Waals surface area contributed by atoms with E-state index >= 15 is 0 Å². The number of rotatable bonds is 4. The zero-order valence-electron chi connectivity index (χ0n) is 17.2. The van der Waals surface area contributed by atoms with Crippen LogP contribution in [0.5, 0.6) is 0 Å². The number of benzene rings is 3. The van der Waals surface area contributed by atoms with Gasteiger partial charge >= 0.3 is 0 Å². The third-order valence-corrected chi connectivity index (χ3v) is 5.77. The molecule has 3 aromatic carbocycles. The summed E-state index contributed by atoms with van der Waals surface area (Å²) in [4.78, 5) is 20.6. The molecule has 0 unspecified atom stereocenters. The number of carbonyl (C=O) groups is 1. The molecule has 3 heterocycles. The Balaban J connectivity index is 1.22. The van der Waals surface area contributed by atoms with Crippen molar-refractivity contribution < 1.29 is 9.32 Å². The molecule has 1 amide bonds. The lowest BCUT2D eigenvalue weighted by atomic mass is 10.0. The first-order valence-corrected chi connectivity index (χ1v) is 10.5. The number of hydrogen-bond donors (Lipinski definition) is 1. The molecular formula is C25H19N5O2. The second kappa shape index (κ2) is 7.46. The number of amides is 1. The van der Waals surface area contributed by atoms with Crippen LogP contribution < -0.4 is 5.32 Å². The van der Waals surface area contributed by atoms with Crippen molar-refractivity contribution in [3.8, 4) is 22.8 Å². The molecule has 0 saturated heterocycles. The Labute approximate surface area is 183 Å². The normalized spacial score (nSPS) is 13.2. The minimum Gasteiger partial charge on any atom is -0.334 e. The van der Waals surface area contributed by atoms with Crippen molar-refractivity contribution in [2.75, 3.05) is 5.32 Å². The highest BCUT2D eigenvalue weighted by atomic mass is 16.5. The Kier molecular flexibility index (Phi) is 4.31. The number of nitrogens with one attached hydrogen (secondary N) is 1. The number of aromatic nitrogens is 4. The van der Waals surface area contributed by atoms with E-state index in [4.69, 9.17) is 4.52 Å². The third-order valence-electron chi connectivity index (χ3n) is 5.77. The molecule has 2 aromatic heterocycles. The minimum atomic E-state index is 0.0509. The van der Waals surface area contributed by atoms with Gasteiger partial charge in [-0.15, -0.1) is 0 Å². The first-order valence-electron chi connectivity index (χ1n) is 10.5. The smallest absolute Gasteiger partial charge is 0.258 e. The Hall–Kier alpha value is -4.26. The summed E-state index contributed by atoms with van der Waals surface area (Å²) in [6.45, 7) is 0.740. The fraction of sp³-hybridized carbons (Fsp3) is 0.120. The molecule has 5 aromatic rings. The van der Waals surface area contributed by atoms with Gasteiger partial charge in [-0.1, -0.05) is 41.6 Å². The van der Waals surface area contributed by atoms with Crippen molar-refractivity contribution in [3.05, 3.63) is 84.2 Å². The Bertz CT molecular complexity index is 1450. The van der Waals surface area contributed by atoms with Gasteiger partial charge in [-0.2, -0.15) is 4.98 Å². The monoisotopic (exact) mass is 421 g/mol. The Morgan fingerprint density at radius 1 is 0.969 bits per heavy atom. The van der Waals surface area contributed by atoms with Crippen molar-refractivity contribution in [1.82, 2.24) is 19.7 Å². The maximum Gasteiger partial charge on any atom is 0.258 e. The van der Waals surface area contributed by atoms with Gasteiger partial charge in [-0.05, 0) is 47.9 Å². The standard InChI is InChI=1S/C25H19N5O2/c31-23-12-10-18-13-19(9-11-20(18)27-23)25-28-24(29-32-25)17-7-5-16(6-8-17)14-30-15-26-21-3-1-2-4-22(21)30/h1-9,11,13,15H,10,12,14H2,(H,27,31). The number of imidazole rings is 1. The van der Waals surface area contributed by atoms with Gasteiger partial charge in [0, 0.05) is 29.8 Å². The number of fused-ring (bicyclic) bond motifs is 2. The first-order chi connectivity index (χ1) is 15.7. The SMILES string of the molecule is O=C1CCc2cc(-c3nc(-c4ccc(Cn5cnc6ccccc65)cc4)no3)ccc2N1. The van der Waals surface area contributed by atoms with Crippen molar-refractivity contribution in [1.29, 1.82) is 0 Å². The molecule has 1 aliphatic heterocycles. The molecular weight excluding hydrogens is 402 g/mol. The average molecular weight is 421 g/mol. The van der Waals surface area contributed by atoms with E-state index in [1.165, 1.54) is 0 Å². The summed E-state index contributed by atoms with van der Waals surface area (Å²) in [6, 6.07) is 22.0. The zero-order valence-corrected chi connectivity index (χ0v) is 17.2. The van der Waals surface area contributed by atoms with E-state index in [1.54, 1.807) is 0 Å². The summed E-state index contributed by atoms with van der Waals surface area (Å²) in [7, 11) is 0. The number of nitrogens with zero attached hydrogens (tertiary/aromatic N) is 4. The van der Waals surface area contributed by atoms with Gasteiger partial charge in [0.2, 0.25) is 11.7 Å². The van der Waals surface area contributed by atoms with Gasteiger partial charge in [-0.25, -0.2) is 4.98 Å². The summed E-state index contributed by atoms with van der Waals surface area (Å²) in [5, 5.41) is 7.05. The molecule has 0 aliphatic carbocycles. The summed E-state index contributed by atoms with van der Waals surface area (Å²) in [5.74, 6) is 1.06. The van der Waals surface area contributed by atoms with E-state index in [2.05, 4.69) is 43.2 Å². The van der Waals surface area contributed by atoms with Crippen LogP contribution in [0.25, 0.3) is 33.9 Å². The first kappa shape index (κ1) is 18.5. The number of anilines is 1. The van der Waals surface area contributed by atoms with Crippen LogP contribution in [0, 0.1) is 0 Å². The van der Waals surface area contributed by atoms with E-state index in [0.29, 0.717) is 24.6 Å². The molecule has 0 atom stereocenters. The molecule has 32 heavy (non-hydrogen) atoms. The molecule has 0 fully saturated rings. The van der Waals surface area contributed by atoms with Crippen LogP contribution in [-0.2, 0) is 17.8 Å². The maximum absolute atomic E-state index is 11.6. The fourth-order valence-electron chi connectivity index (χ4n) is 4.07. The lowest BCUT2D eigenvalue weighted by molar-refractivity contribution is -0.116. The lowest BCUT2D eigenvalue weighted by Gasteiger charge is -2.16. The topological polar surface area (TPSA) is 85.8 Å². The van der Waals surface area contributed by atoms with E-state index in [1.807, 2.05) is 54.9 Å². The largest absolute Gasteiger partial charge is 0.334 e. The summed E-state index contributed by atoms with van der Waals surface area (Å²) in [5.41, 5.74) is 6.95. The number of aryl methyl sites for hydroxylation is 1. The number of para-hydroxylation sites is 2. The van der Waals surface area contributed by atoms with Gasteiger partial charge in [0.1, 0.15) is 0 Å². The van der Waals surface area contributed by atoms with Gasteiger partial charge in [0.05, 0.1) is 17.4 Å². The van der Waals surface area contributed by atoms with Crippen molar-refractivity contribution in [2.24, 2.45) is 0 Å². The number of hydrogen-bond acceptors (Lipinski definition) is 5. The predicted octanol–water partition coefficient (Wildman–Crippen LogP) is 4.69. The van der Waals surface area contributed by atoms with E-state index < -0.39 is 0 Å². The van der Waals surface area contributed by atoms with Gasteiger partial charge < -0.3 is 14.4 Å². The van der Waals surface area contributed by atoms with Crippen LogP contribution >= 0.6 is 0 Å². The van der Waals surface area contributed by atoms with Crippen molar-refractivity contribution >= 4 is 22.6 Å². The molecule has 156 valence electrons. The van der Waals surface area contributed by atoms with E-state index in [0.717, 1.165) is 45.5 Å². The highest BCUT2D eigenvalue weighted by molar-refractivity contribution is 5.94. The third kappa shape index (κ3) is 3.33. The molecule has 1 aliphatic rings. The van der Waals surface area contributed by atoms with Gasteiger partial charge in [-0.3, -0.25) is 4.79 Å². The minimum absolute atomic E-state index is 0.0509. The van der Waals surface area contributed by atoms with Crippen LogP contribution in [0.15, 0.2) is 77.6 Å². The fourth-order valence-corrected chi connectivity index (χ4v) is 4.07. The molecule has 6 rings (SSSR count). The summed E-state index contributed by atoms with van der Waals surface area (Å²) >= 11 is 0. The molecule has 1 N–H and O–H groups in total. The van der Waals surface area contributed by atoms with Gasteiger partial charge in [0.15, 0.2) is 0 Å². The van der Waals surface area contributed by atoms with Crippen LogP contribution in [-0.4, -0.2) is 25.6 Å². The highest BCUT2D eigenvalue weighted by Crippen LogP contribution is 2.29. The zero-order chi connectivity index (χ0) is 21.5. The molecule has 7 nitrogen and oxygen atoms in total. The van der Waals surface area contributed by atoms with Crippen LogP contribution in [0.3, 0.4) is 0 Å². The van der Waals surface area contributed by atoms with Gasteiger partial charge in [0.25, 0.3) is 5.89 Å². The Morgan fingerprint density at radius 3 is 2.72 bits per heavy atom. The highest BCUT2D eigenvalue weighted by Gasteiger charge is 2.17. The molecule has 0 radical (unpaired) electrons. The summed E-state index contributed by atoms with van der Waals surface area (Å²) in [6.07, 6.45) is 3.07. The maximum atomic E-state index is 11.6. The van der Waals surface area contributed by atoms with Crippen LogP contribution in [0.1, 0.15) is 17.5 Å². The average Bonchev–Trinajstić information content (AvgIpc) is 3.47. The molecule has 0 saturated carbocycles. The molecule has 0 bridgehead atoms. The molecule has 7 heteroatoms. The van der Waals surface area contributed by atoms with E-state index in [9.17, 15) is 4.79 Å². The molecule has 0 spiro atoms.